The molecule has 19 heavy (non-hydrogen) atoms. The average Bonchev–Trinajstić information content (AvgIpc) is 2.82. The number of benzene rings is 2. The number of carbonyl (C=O) groups is 1. The second kappa shape index (κ2) is 4.98. The van der Waals surface area contributed by atoms with Gasteiger partial charge in [-0.1, -0.05) is 48.5 Å². The molecule has 3 rings (SSSR count). The predicted molar refractivity (Wildman–Crippen MR) is 73.4 cm³/mol. The van der Waals surface area contributed by atoms with Crippen molar-refractivity contribution in [2.45, 2.75) is 6.10 Å². The van der Waals surface area contributed by atoms with Gasteiger partial charge in [-0.25, -0.2) is 4.79 Å². The quantitative estimate of drug-likeness (QED) is 0.851. The Morgan fingerprint density at radius 1 is 0.895 bits per heavy atom. The molecule has 0 radical (unpaired) electrons. The van der Waals surface area contributed by atoms with Gasteiger partial charge in [0, 0.05) is 5.69 Å². The summed E-state index contributed by atoms with van der Waals surface area (Å²) in [6, 6.07) is 19.3. The van der Waals surface area contributed by atoms with Crippen LogP contribution in [0.25, 0.3) is 0 Å². The molecule has 1 heterocycles. The van der Waals surface area contributed by atoms with Crippen molar-refractivity contribution < 1.29 is 9.53 Å². The van der Waals surface area contributed by atoms with Gasteiger partial charge in [-0.2, -0.15) is 0 Å². The highest BCUT2D eigenvalue weighted by molar-refractivity contribution is 5.94. The highest BCUT2D eigenvalue weighted by Gasteiger charge is 2.26. The van der Waals surface area contributed by atoms with E-state index >= 15 is 0 Å². The van der Waals surface area contributed by atoms with Gasteiger partial charge >= 0.3 is 5.97 Å². The van der Waals surface area contributed by atoms with Gasteiger partial charge in [0.1, 0.15) is 11.8 Å². The molecule has 3 heteroatoms. The fourth-order valence-electron chi connectivity index (χ4n) is 2.01. The van der Waals surface area contributed by atoms with Crippen LogP contribution in [-0.2, 0) is 9.53 Å². The smallest absolute Gasteiger partial charge is 0.355 e. The fourth-order valence-corrected chi connectivity index (χ4v) is 2.01. The van der Waals surface area contributed by atoms with E-state index in [4.69, 9.17) is 4.74 Å². The molecule has 0 spiro atoms. The molecule has 0 aliphatic carbocycles. The van der Waals surface area contributed by atoms with Crippen LogP contribution in [0.4, 0.5) is 5.69 Å². The molecule has 1 atom stereocenters. The number of hydrogen-bond donors (Lipinski definition) is 1. The van der Waals surface area contributed by atoms with Gasteiger partial charge in [0.25, 0.3) is 0 Å². The summed E-state index contributed by atoms with van der Waals surface area (Å²) in [4.78, 5) is 11.8. The van der Waals surface area contributed by atoms with Gasteiger partial charge in [-0.3, -0.25) is 0 Å². The topological polar surface area (TPSA) is 38.3 Å². The maximum Gasteiger partial charge on any atom is 0.355 e. The van der Waals surface area contributed by atoms with Gasteiger partial charge in [-0.05, 0) is 23.8 Å². The third-order valence-corrected chi connectivity index (χ3v) is 2.95. The van der Waals surface area contributed by atoms with Crippen LogP contribution in [0.3, 0.4) is 0 Å². The lowest BCUT2D eigenvalue weighted by atomic mass is 10.1. The van der Waals surface area contributed by atoms with Crippen LogP contribution >= 0.6 is 0 Å². The van der Waals surface area contributed by atoms with E-state index < -0.39 is 0 Å². The highest BCUT2D eigenvalue weighted by Crippen LogP contribution is 2.28. The molecule has 2 aromatic rings. The minimum absolute atomic E-state index is 0.306. The molecule has 1 N–H and O–H groups in total. The number of nitrogens with one attached hydrogen (secondary N) is 1. The van der Waals surface area contributed by atoms with Crippen LogP contribution in [0.1, 0.15) is 11.7 Å². The summed E-state index contributed by atoms with van der Waals surface area (Å²) in [6.45, 7) is 0. The van der Waals surface area contributed by atoms with Crippen molar-refractivity contribution in [3.05, 3.63) is 78.0 Å². The molecule has 3 nitrogen and oxygen atoms in total. The van der Waals surface area contributed by atoms with Crippen LogP contribution in [0.5, 0.6) is 0 Å². The molecule has 0 bridgehead atoms. The van der Waals surface area contributed by atoms with Crippen LogP contribution < -0.4 is 5.32 Å². The fraction of sp³-hybridized carbons (Fsp3) is 0.0625. The Hall–Kier alpha value is -2.55. The minimum Gasteiger partial charge on any atom is -0.448 e. The zero-order chi connectivity index (χ0) is 13.1. The van der Waals surface area contributed by atoms with E-state index in [1.54, 1.807) is 0 Å². The van der Waals surface area contributed by atoms with Crippen LogP contribution in [0, 0.1) is 0 Å². The molecule has 0 saturated heterocycles. The van der Waals surface area contributed by atoms with Crippen molar-refractivity contribution >= 4 is 11.7 Å². The van der Waals surface area contributed by atoms with Gasteiger partial charge in [0.15, 0.2) is 0 Å². The first-order valence-corrected chi connectivity index (χ1v) is 6.13. The van der Waals surface area contributed by atoms with Crippen molar-refractivity contribution in [2.24, 2.45) is 0 Å². The minimum atomic E-state index is -0.322. The third kappa shape index (κ3) is 2.50. The van der Waals surface area contributed by atoms with Crippen LogP contribution in [-0.4, -0.2) is 5.97 Å². The van der Waals surface area contributed by atoms with Crippen molar-refractivity contribution in [3.8, 4) is 0 Å². The largest absolute Gasteiger partial charge is 0.448 e. The third-order valence-electron chi connectivity index (χ3n) is 2.95. The van der Waals surface area contributed by atoms with Gasteiger partial charge in [0.2, 0.25) is 0 Å². The molecule has 1 aliphatic rings. The standard InChI is InChI=1S/C16H13NO2/c18-16-14(17-13-9-5-2-6-10-13)11-15(19-16)12-7-3-1-4-8-12/h1-11,15,17H. The Bertz CT molecular complexity index is 605. The van der Waals surface area contributed by atoms with Crippen molar-refractivity contribution in [3.63, 3.8) is 0 Å². The van der Waals surface area contributed by atoms with Gasteiger partial charge in [-0.15, -0.1) is 0 Å². The first kappa shape index (κ1) is 11.5. The lowest BCUT2D eigenvalue weighted by Gasteiger charge is -2.07. The summed E-state index contributed by atoms with van der Waals surface area (Å²) in [5.41, 5.74) is 2.33. The molecule has 2 aromatic carbocycles. The molecular formula is C16H13NO2. The molecule has 94 valence electrons. The molecule has 0 amide bonds. The Balaban J connectivity index is 1.81. The van der Waals surface area contributed by atoms with Crippen LogP contribution in [0.15, 0.2) is 72.4 Å². The number of cyclic esters (lactones) is 1. The summed E-state index contributed by atoms with van der Waals surface area (Å²) in [5.74, 6) is -0.322. The zero-order valence-electron chi connectivity index (χ0n) is 10.2. The highest BCUT2D eigenvalue weighted by atomic mass is 16.5. The first-order chi connectivity index (χ1) is 9.33. The number of esters is 1. The van der Waals surface area contributed by atoms with E-state index in [1.165, 1.54) is 0 Å². The van der Waals surface area contributed by atoms with Crippen LogP contribution in [0.2, 0.25) is 0 Å². The maximum atomic E-state index is 11.8. The number of carbonyl (C=O) groups excluding carboxylic acids is 1. The van der Waals surface area contributed by atoms with E-state index in [0.717, 1.165) is 11.3 Å². The lowest BCUT2D eigenvalue weighted by molar-refractivity contribution is -0.139. The van der Waals surface area contributed by atoms with E-state index in [-0.39, 0.29) is 12.1 Å². The summed E-state index contributed by atoms with van der Waals surface area (Å²) < 4.78 is 5.34. The van der Waals surface area contributed by atoms with E-state index in [9.17, 15) is 4.79 Å². The maximum absolute atomic E-state index is 11.8. The average molecular weight is 251 g/mol. The molecule has 1 unspecified atom stereocenters. The number of rotatable bonds is 3. The van der Waals surface area contributed by atoms with Gasteiger partial charge < -0.3 is 10.1 Å². The van der Waals surface area contributed by atoms with Crippen molar-refractivity contribution in [1.82, 2.24) is 0 Å². The molecule has 1 aliphatic heterocycles. The molecule has 0 aromatic heterocycles. The summed E-state index contributed by atoms with van der Waals surface area (Å²) in [7, 11) is 0. The van der Waals surface area contributed by atoms with E-state index in [2.05, 4.69) is 5.32 Å². The zero-order valence-corrected chi connectivity index (χ0v) is 10.2. The van der Waals surface area contributed by atoms with E-state index in [1.807, 2.05) is 66.7 Å². The van der Waals surface area contributed by atoms with E-state index in [0.29, 0.717) is 5.70 Å². The number of anilines is 1. The van der Waals surface area contributed by atoms with Crippen molar-refractivity contribution in [1.29, 1.82) is 0 Å². The number of hydrogen-bond acceptors (Lipinski definition) is 3. The monoisotopic (exact) mass is 251 g/mol. The predicted octanol–water partition coefficient (Wildman–Crippen LogP) is 3.28. The summed E-state index contributed by atoms with van der Waals surface area (Å²) in [6.07, 6.45) is 1.50. The Labute approximate surface area is 111 Å². The number of ether oxygens (including phenoxy) is 1. The lowest BCUT2D eigenvalue weighted by Crippen LogP contribution is -2.08. The van der Waals surface area contributed by atoms with Crippen molar-refractivity contribution in [2.75, 3.05) is 5.32 Å². The Morgan fingerprint density at radius 3 is 2.21 bits per heavy atom. The molecule has 0 saturated carbocycles. The molecular weight excluding hydrogens is 238 g/mol. The molecule has 0 fully saturated rings. The first-order valence-electron chi connectivity index (χ1n) is 6.13. The Kier molecular flexibility index (Phi) is 3.02. The second-order valence-electron chi connectivity index (χ2n) is 4.31. The SMILES string of the molecule is O=C1OC(c2ccccc2)C=C1Nc1ccccc1. The number of para-hydroxylation sites is 1. The normalized spacial score (nSPS) is 17.8. The Morgan fingerprint density at radius 2 is 1.53 bits per heavy atom. The van der Waals surface area contributed by atoms with Gasteiger partial charge in [0.05, 0.1) is 0 Å². The summed E-state index contributed by atoms with van der Waals surface area (Å²) in [5, 5.41) is 3.08. The second-order valence-corrected chi connectivity index (χ2v) is 4.31. The summed E-state index contributed by atoms with van der Waals surface area (Å²) >= 11 is 0.